The van der Waals surface area contributed by atoms with Gasteiger partial charge in [-0.1, -0.05) is 30.3 Å². The van der Waals surface area contributed by atoms with Crippen molar-refractivity contribution in [2.45, 2.75) is 23.6 Å². The second-order valence-electron chi connectivity index (χ2n) is 8.02. The van der Waals surface area contributed by atoms with Crippen LogP contribution in [0.1, 0.15) is 11.1 Å². The second kappa shape index (κ2) is 9.22. The molecule has 0 heterocycles. The van der Waals surface area contributed by atoms with Crippen LogP contribution in [0.15, 0.2) is 64.4 Å². The third-order valence-electron chi connectivity index (χ3n) is 5.49. The fourth-order valence-electron chi connectivity index (χ4n) is 3.30. The van der Waals surface area contributed by atoms with E-state index >= 15 is 0 Å². The van der Waals surface area contributed by atoms with Crippen LogP contribution in [0.3, 0.4) is 0 Å². The lowest BCUT2D eigenvalue weighted by Crippen LogP contribution is -2.35. The number of nitrogens with one attached hydrogen (secondary N) is 1. The normalized spacial score (nSPS) is 12.5. The van der Waals surface area contributed by atoms with E-state index in [1.807, 2.05) is 24.3 Å². The summed E-state index contributed by atoms with van der Waals surface area (Å²) in [4.78, 5) is 12.8. The molecule has 33 heavy (non-hydrogen) atoms. The lowest BCUT2D eigenvalue weighted by Gasteiger charge is -2.19. The van der Waals surface area contributed by atoms with Crippen LogP contribution in [-0.2, 0) is 24.8 Å². The molecule has 1 N–H and O–H groups in total. The Morgan fingerprint density at radius 3 is 2.09 bits per heavy atom. The van der Waals surface area contributed by atoms with E-state index in [2.05, 4.69) is 5.32 Å². The van der Waals surface area contributed by atoms with E-state index in [4.69, 9.17) is 0 Å². The van der Waals surface area contributed by atoms with Gasteiger partial charge in [0.2, 0.25) is 26.0 Å². The highest BCUT2D eigenvalue weighted by molar-refractivity contribution is 7.89. The van der Waals surface area contributed by atoms with Gasteiger partial charge in [0.15, 0.2) is 0 Å². The minimum atomic E-state index is -3.91. The molecule has 0 bridgehead atoms. The predicted molar refractivity (Wildman–Crippen MR) is 129 cm³/mol. The molecule has 0 aliphatic rings. The molecular formula is C23H27N3O5S2. The SMILES string of the molecule is Cc1cc(S(=O)(=O)N(C)C)cc(NC(=O)CN(C)S(=O)(=O)c2ccc3ccccc3c2)c1C. The summed E-state index contributed by atoms with van der Waals surface area (Å²) in [5, 5.41) is 4.35. The van der Waals surface area contributed by atoms with Gasteiger partial charge in [-0.25, -0.2) is 21.1 Å². The van der Waals surface area contributed by atoms with Crippen molar-refractivity contribution >= 4 is 42.4 Å². The number of hydrogen-bond donors (Lipinski definition) is 1. The van der Waals surface area contributed by atoms with E-state index in [1.165, 1.54) is 39.3 Å². The van der Waals surface area contributed by atoms with Gasteiger partial charge in [0, 0.05) is 26.8 Å². The highest BCUT2D eigenvalue weighted by Gasteiger charge is 2.24. The molecule has 0 unspecified atom stereocenters. The minimum Gasteiger partial charge on any atom is -0.325 e. The zero-order valence-corrected chi connectivity index (χ0v) is 20.8. The van der Waals surface area contributed by atoms with Gasteiger partial charge in [0.05, 0.1) is 16.3 Å². The van der Waals surface area contributed by atoms with Crippen LogP contribution >= 0.6 is 0 Å². The van der Waals surface area contributed by atoms with Gasteiger partial charge in [-0.2, -0.15) is 4.31 Å². The fraction of sp³-hybridized carbons (Fsp3) is 0.261. The third kappa shape index (κ3) is 5.09. The first-order valence-electron chi connectivity index (χ1n) is 10.1. The largest absolute Gasteiger partial charge is 0.325 e. The Hall–Kier alpha value is -2.79. The van der Waals surface area contributed by atoms with Crippen molar-refractivity contribution in [2.75, 3.05) is 33.0 Å². The molecule has 10 heteroatoms. The molecule has 3 aromatic rings. The monoisotopic (exact) mass is 489 g/mol. The number of nitrogens with zero attached hydrogens (tertiary/aromatic N) is 2. The molecule has 3 rings (SSSR count). The number of carbonyl (C=O) groups excluding carboxylic acids is 1. The molecule has 3 aromatic carbocycles. The van der Waals surface area contributed by atoms with E-state index in [0.29, 0.717) is 16.8 Å². The molecule has 0 radical (unpaired) electrons. The number of likely N-dealkylation sites (N-methyl/N-ethyl adjacent to an activating group) is 1. The van der Waals surface area contributed by atoms with Gasteiger partial charge in [-0.3, -0.25) is 4.79 Å². The lowest BCUT2D eigenvalue weighted by molar-refractivity contribution is -0.116. The van der Waals surface area contributed by atoms with E-state index < -0.39 is 32.5 Å². The number of aryl methyl sites for hydroxylation is 1. The number of fused-ring (bicyclic) bond motifs is 1. The molecule has 8 nitrogen and oxygen atoms in total. The highest BCUT2D eigenvalue weighted by Crippen LogP contribution is 2.26. The first kappa shape index (κ1) is 24.8. The number of amides is 1. The average Bonchev–Trinajstić information content (AvgIpc) is 2.76. The van der Waals surface area contributed by atoms with Crippen LogP contribution < -0.4 is 5.32 Å². The van der Waals surface area contributed by atoms with Crippen LogP contribution in [0, 0.1) is 13.8 Å². The second-order valence-corrected chi connectivity index (χ2v) is 12.2. The summed E-state index contributed by atoms with van der Waals surface area (Å²) in [6, 6.07) is 15.1. The van der Waals surface area contributed by atoms with Gasteiger partial charge < -0.3 is 5.32 Å². The Labute approximate surface area is 194 Å². The summed E-state index contributed by atoms with van der Waals surface area (Å²) >= 11 is 0. The van der Waals surface area contributed by atoms with Crippen molar-refractivity contribution in [2.24, 2.45) is 0 Å². The fourth-order valence-corrected chi connectivity index (χ4v) is 5.48. The van der Waals surface area contributed by atoms with E-state index in [9.17, 15) is 21.6 Å². The maximum Gasteiger partial charge on any atom is 0.243 e. The average molecular weight is 490 g/mol. The van der Waals surface area contributed by atoms with Crippen molar-refractivity contribution in [1.29, 1.82) is 0 Å². The smallest absolute Gasteiger partial charge is 0.243 e. The van der Waals surface area contributed by atoms with Crippen LogP contribution in [0.4, 0.5) is 5.69 Å². The zero-order valence-electron chi connectivity index (χ0n) is 19.2. The molecule has 176 valence electrons. The predicted octanol–water partition coefficient (Wildman–Crippen LogP) is 2.97. The number of carbonyl (C=O) groups is 1. The number of hydrogen-bond acceptors (Lipinski definition) is 5. The highest BCUT2D eigenvalue weighted by atomic mass is 32.2. The maximum absolute atomic E-state index is 13.0. The van der Waals surface area contributed by atoms with E-state index in [1.54, 1.807) is 26.0 Å². The molecule has 0 spiro atoms. The van der Waals surface area contributed by atoms with Gasteiger partial charge in [-0.05, 0) is 60.0 Å². The third-order valence-corrected chi connectivity index (χ3v) is 9.08. The number of rotatable bonds is 7. The standard InChI is InChI=1S/C23H27N3O5S2/c1-16-12-21(32(28,29)25(3)4)14-22(17(16)2)24-23(27)15-26(5)33(30,31)20-11-10-18-8-6-7-9-19(18)13-20/h6-14H,15H2,1-5H3,(H,24,27). The molecule has 0 aromatic heterocycles. The molecule has 0 saturated carbocycles. The van der Waals surface area contributed by atoms with Gasteiger partial charge in [0.1, 0.15) is 0 Å². The van der Waals surface area contributed by atoms with Gasteiger partial charge in [0.25, 0.3) is 0 Å². The quantitative estimate of drug-likeness (QED) is 0.550. The Bertz CT molecular complexity index is 1430. The van der Waals surface area contributed by atoms with Gasteiger partial charge >= 0.3 is 0 Å². The number of sulfonamides is 2. The van der Waals surface area contributed by atoms with Crippen molar-refractivity contribution in [3.05, 3.63) is 65.7 Å². The van der Waals surface area contributed by atoms with Gasteiger partial charge in [-0.15, -0.1) is 0 Å². The molecule has 0 aliphatic heterocycles. The maximum atomic E-state index is 13.0. The minimum absolute atomic E-state index is 0.0445. The van der Waals surface area contributed by atoms with Crippen LogP contribution in [0.2, 0.25) is 0 Å². The topological polar surface area (TPSA) is 104 Å². The van der Waals surface area contributed by atoms with Crippen molar-refractivity contribution in [3.63, 3.8) is 0 Å². The molecule has 0 aliphatic carbocycles. The van der Waals surface area contributed by atoms with E-state index in [-0.39, 0.29) is 9.79 Å². The summed E-state index contributed by atoms with van der Waals surface area (Å²) in [6.07, 6.45) is 0. The van der Waals surface area contributed by atoms with Crippen molar-refractivity contribution in [1.82, 2.24) is 8.61 Å². The number of benzene rings is 3. The molecule has 0 atom stereocenters. The Morgan fingerprint density at radius 1 is 0.818 bits per heavy atom. The summed E-state index contributed by atoms with van der Waals surface area (Å²) in [5.74, 6) is -0.580. The van der Waals surface area contributed by atoms with Crippen LogP contribution in [0.25, 0.3) is 10.8 Å². The zero-order chi connectivity index (χ0) is 24.6. The van der Waals surface area contributed by atoms with E-state index in [0.717, 1.165) is 19.4 Å². The Balaban J connectivity index is 1.83. The summed E-state index contributed by atoms with van der Waals surface area (Å²) in [6.45, 7) is 3.07. The first-order valence-corrected chi connectivity index (χ1v) is 13.0. The summed E-state index contributed by atoms with van der Waals surface area (Å²) in [5.41, 5.74) is 1.70. The molecule has 0 saturated heterocycles. The number of anilines is 1. The summed E-state index contributed by atoms with van der Waals surface area (Å²) < 4.78 is 53.1. The van der Waals surface area contributed by atoms with Crippen LogP contribution in [0.5, 0.6) is 0 Å². The summed E-state index contributed by atoms with van der Waals surface area (Å²) in [7, 11) is -3.43. The molecular weight excluding hydrogens is 462 g/mol. The molecule has 1 amide bonds. The van der Waals surface area contributed by atoms with Crippen LogP contribution in [-0.4, -0.2) is 59.0 Å². The molecule has 0 fully saturated rings. The lowest BCUT2D eigenvalue weighted by atomic mass is 10.1. The Kier molecular flexibility index (Phi) is 6.94. The van der Waals surface area contributed by atoms with Crippen molar-refractivity contribution < 1.29 is 21.6 Å². The first-order chi connectivity index (χ1) is 15.3. The van der Waals surface area contributed by atoms with Crippen molar-refractivity contribution in [3.8, 4) is 0 Å². The Morgan fingerprint density at radius 2 is 1.45 bits per heavy atom.